The van der Waals surface area contributed by atoms with E-state index >= 15 is 0 Å². The highest BCUT2D eigenvalue weighted by Crippen LogP contribution is 2.29. The molecular weight excluding hydrogens is 262 g/mol. The number of hydrogen-bond donors (Lipinski definition) is 2. The summed E-state index contributed by atoms with van der Waals surface area (Å²) in [5.74, 6) is 0. The Labute approximate surface area is 127 Å². The summed E-state index contributed by atoms with van der Waals surface area (Å²) in [6.45, 7) is 5.42. The Kier molecular flexibility index (Phi) is 4.60. The number of nitrogens with zero attached hydrogens (tertiary/aromatic N) is 2. The van der Waals surface area contributed by atoms with Crippen LogP contribution in [0.15, 0.2) is 30.3 Å². The molecule has 0 aromatic heterocycles. The lowest BCUT2D eigenvalue weighted by atomic mass is 9.89. The van der Waals surface area contributed by atoms with Crippen molar-refractivity contribution < 1.29 is 5.11 Å². The zero-order valence-electron chi connectivity index (χ0n) is 13.0. The van der Waals surface area contributed by atoms with Crippen molar-refractivity contribution in [1.29, 1.82) is 0 Å². The second-order valence-corrected chi connectivity index (χ2v) is 6.60. The van der Waals surface area contributed by atoms with Gasteiger partial charge in [0.1, 0.15) is 0 Å². The quantitative estimate of drug-likeness (QED) is 0.815. The molecule has 4 heteroatoms. The van der Waals surface area contributed by atoms with Crippen LogP contribution >= 0.6 is 0 Å². The van der Waals surface area contributed by atoms with Crippen LogP contribution in [0.2, 0.25) is 0 Å². The van der Waals surface area contributed by atoms with Crippen molar-refractivity contribution in [2.24, 2.45) is 0 Å². The predicted octanol–water partition coefficient (Wildman–Crippen LogP) is 0.874. The average molecular weight is 289 g/mol. The highest BCUT2D eigenvalue weighted by molar-refractivity contribution is 5.26. The molecule has 0 radical (unpaired) electrons. The van der Waals surface area contributed by atoms with Crippen molar-refractivity contribution in [3.05, 3.63) is 35.9 Å². The van der Waals surface area contributed by atoms with E-state index in [1.807, 2.05) is 6.07 Å². The summed E-state index contributed by atoms with van der Waals surface area (Å²) in [5.41, 5.74) is 0.886. The average Bonchev–Trinajstić information content (AvgIpc) is 3.33. The van der Waals surface area contributed by atoms with Crippen LogP contribution in [-0.2, 0) is 5.54 Å². The Morgan fingerprint density at radius 1 is 1.14 bits per heavy atom. The molecule has 21 heavy (non-hydrogen) atoms. The molecule has 2 aliphatic rings. The summed E-state index contributed by atoms with van der Waals surface area (Å²) in [6.07, 6.45) is 2.47. The van der Waals surface area contributed by atoms with Gasteiger partial charge in [-0.2, -0.15) is 0 Å². The minimum atomic E-state index is -0.321. The normalized spacial score (nSPS) is 23.9. The molecule has 1 aromatic rings. The molecule has 1 heterocycles. The van der Waals surface area contributed by atoms with Gasteiger partial charge >= 0.3 is 0 Å². The molecule has 4 nitrogen and oxygen atoms in total. The fourth-order valence-corrected chi connectivity index (χ4v) is 3.17. The number of piperazine rings is 1. The SMILES string of the molecule is CN1CCN(CC(CO)(NC2CC2)c2ccccc2)CC1. The topological polar surface area (TPSA) is 38.7 Å². The first-order valence-electron chi connectivity index (χ1n) is 8.07. The van der Waals surface area contributed by atoms with Crippen LogP contribution in [0, 0.1) is 0 Å². The van der Waals surface area contributed by atoms with Crippen LogP contribution in [0.25, 0.3) is 0 Å². The first-order valence-corrected chi connectivity index (χ1v) is 8.07. The molecule has 1 atom stereocenters. The van der Waals surface area contributed by atoms with Crippen LogP contribution in [0.3, 0.4) is 0 Å². The van der Waals surface area contributed by atoms with Crippen molar-refractivity contribution in [1.82, 2.24) is 15.1 Å². The molecule has 2 N–H and O–H groups in total. The monoisotopic (exact) mass is 289 g/mol. The molecule has 0 amide bonds. The number of likely N-dealkylation sites (N-methyl/N-ethyl adjacent to an activating group) is 1. The smallest absolute Gasteiger partial charge is 0.0800 e. The Balaban J connectivity index is 1.77. The Morgan fingerprint density at radius 3 is 2.38 bits per heavy atom. The molecular formula is C17H27N3O. The standard InChI is InChI=1S/C17H27N3O/c1-19-9-11-20(12-10-19)13-17(14-21,18-16-7-8-16)15-5-3-2-4-6-15/h2-6,16,18,21H,7-14H2,1H3. The zero-order chi connectivity index (χ0) is 14.7. The zero-order valence-corrected chi connectivity index (χ0v) is 13.0. The molecule has 116 valence electrons. The molecule has 3 rings (SSSR count). The van der Waals surface area contributed by atoms with Gasteiger partial charge in [0.15, 0.2) is 0 Å². The van der Waals surface area contributed by atoms with Gasteiger partial charge in [-0.3, -0.25) is 4.90 Å². The lowest BCUT2D eigenvalue weighted by Gasteiger charge is -2.41. The van der Waals surface area contributed by atoms with Gasteiger partial charge in [-0.25, -0.2) is 0 Å². The van der Waals surface area contributed by atoms with E-state index < -0.39 is 0 Å². The van der Waals surface area contributed by atoms with Gasteiger partial charge in [-0.15, -0.1) is 0 Å². The molecule has 1 unspecified atom stereocenters. The van der Waals surface area contributed by atoms with Gasteiger partial charge in [-0.1, -0.05) is 30.3 Å². The molecule has 1 saturated carbocycles. The van der Waals surface area contributed by atoms with Crippen LogP contribution in [0.4, 0.5) is 0 Å². The third kappa shape index (κ3) is 3.64. The number of aliphatic hydroxyl groups excluding tert-OH is 1. The summed E-state index contributed by atoms with van der Waals surface area (Å²) in [5, 5.41) is 13.9. The van der Waals surface area contributed by atoms with Gasteiger partial charge in [-0.05, 0) is 25.5 Å². The van der Waals surface area contributed by atoms with E-state index in [0.717, 1.165) is 32.7 Å². The maximum absolute atomic E-state index is 10.2. The molecule has 0 bridgehead atoms. The van der Waals surface area contributed by atoms with Gasteiger partial charge < -0.3 is 15.3 Å². The van der Waals surface area contributed by atoms with Crippen molar-refractivity contribution >= 4 is 0 Å². The highest BCUT2D eigenvalue weighted by Gasteiger charge is 2.39. The van der Waals surface area contributed by atoms with Crippen molar-refractivity contribution in [3.63, 3.8) is 0 Å². The van der Waals surface area contributed by atoms with E-state index in [-0.39, 0.29) is 12.1 Å². The third-order valence-corrected chi connectivity index (χ3v) is 4.74. The van der Waals surface area contributed by atoms with E-state index in [2.05, 4.69) is 46.4 Å². The fourth-order valence-electron chi connectivity index (χ4n) is 3.17. The Morgan fingerprint density at radius 2 is 1.81 bits per heavy atom. The summed E-state index contributed by atoms with van der Waals surface area (Å²) in [6, 6.07) is 11.0. The lowest BCUT2D eigenvalue weighted by molar-refractivity contribution is 0.0757. The fraction of sp³-hybridized carbons (Fsp3) is 0.647. The van der Waals surface area contributed by atoms with Crippen LogP contribution in [0.1, 0.15) is 18.4 Å². The van der Waals surface area contributed by atoms with Gasteiger partial charge in [0, 0.05) is 38.8 Å². The van der Waals surface area contributed by atoms with E-state index in [1.165, 1.54) is 18.4 Å². The summed E-state index contributed by atoms with van der Waals surface area (Å²) < 4.78 is 0. The van der Waals surface area contributed by atoms with Gasteiger partial charge in [0.25, 0.3) is 0 Å². The molecule has 0 spiro atoms. The minimum Gasteiger partial charge on any atom is -0.394 e. The molecule has 1 aliphatic heterocycles. The van der Waals surface area contributed by atoms with E-state index in [4.69, 9.17) is 0 Å². The van der Waals surface area contributed by atoms with Crippen molar-refractivity contribution in [2.45, 2.75) is 24.4 Å². The summed E-state index contributed by atoms with van der Waals surface area (Å²) >= 11 is 0. The van der Waals surface area contributed by atoms with E-state index in [0.29, 0.717) is 6.04 Å². The second-order valence-electron chi connectivity index (χ2n) is 6.60. The lowest BCUT2D eigenvalue weighted by Crippen LogP contribution is -2.57. The molecule has 1 saturated heterocycles. The van der Waals surface area contributed by atoms with Crippen molar-refractivity contribution in [3.8, 4) is 0 Å². The predicted molar refractivity (Wildman–Crippen MR) is 85.3 cm³/mol. The van der Waals surface area contributed by atoms with Crippen LogP contribution in [0.5, 0.6) is 0 Å². The van der Waals surface area contributed by atoms with Gasteiger partial charge in [0.05, 0.1) is 12.1 Å². The number of hydrogen-bond acceptors (Lipinski definition) is 4. The summed E-state index contributed by atoms with van der Waals surface area (Å²) in [7, 11) is 2.18. The second kappa shape index (κ2) is 6.44. The van der Waals surface area contributed by atoms with E-state index in [9.17, 15) is 5.11 Å². The number of aliphatic hydroxyl groups is 1. The van der Waals surface area contributed by atoms with Crippen molar-refractivity contribution in [2.75, 3.05) is 46.4 Å². The Hall–Kier alpha value is -0.940. The molecule has 1 aliphatic carbocycles. The van der Waals surface area contributed by atoms with Crippen LogP contribution in [-0.4, -0.2) is 67.3 Å². The van der Waals surface area contributed by atoms with Crippen LogP contribution < -0.4 is 5.32 Å². The Bertz CT molecular complexity index is 441. The minimum absolute atomic E-state index is 0.153. The first-order chi connectivity index (χ1) is 10.2. The largest absolute Gasteiger partial charge is 0.394 e. The molecule has 2 fully saturated rings. The first kappa shape index (κ1) is 15.0. The molecule has 1 aromatic carbocycles. The maximum Gasteiger partial charge on any atom is 0.0800 e. The highest BCUT2D eigenvalue weighted by atomic mass is 16.3. The number of rotatable bonds is 6. The summed E-state index contributed by atoms with van der Waals surface area (Å²) in [4.78, 5) is 4.85. The number of nitrogens with one attached hydrogen (secondary N) is 1. The third-order valence-electron chi connectivity index (χ3n) is 4.74. The maximum atomic E-state index is 10.2. The number of benzene rings is 1. The van der Waals surface area contributed by atoms with Gasteiger partial charge in [0.2, 0.25) is 0 Å². The van der Waals surface area contributed by atoms with E-state index in [1.54, 1.807) is 0 Å².